The van der Waals surface area contributed by atoms with Crippen molar-refractivity contribution >= 4 is 18.0 Å². The van der Waals surface area contributed by atoms with Gasteiger partial charge in [-0.15, -0.1) is 0 Å². The number of urea groups is 1. The Bertz CT molecular complexity index is 1150. The van der Waals surface area contributed by atoms with Gasteiger partial charge in [0.05, 0.1) is 12.1 Å². The number of carbonyl (C=O) groups is 3. The van der Waals surface area contributed by atoms with Crippen LogP contribution in [0.3, 0.4) is 0 Å². The monoisotopic (exact) mass is 534 g/mol. The third-order valence-corrected chi connectivity index (χ3v) is 8.26. The number of rotatable bonds is 7. The molecule has 0 bridgehead atoms. The zero-order valence-electron chi connectivity index (χ0n) is 22.3. The van der Waals surface area contributed by atoms with E-state index in [1.807, 2.05) is 15.9 Å². The van der Waals surface area contributed by atoms with E-state index < -0.39 is 6.09 Å². The van der Waals surface area contributed by atoms with Crippen molar-refractivity contribution < 1.29 is 24.2 Å². The largest absolute Gasteiger partial charge is 0.465 e. The molecule has 3 aliphatic heterocycles. The van der Waals surface area contributed by atoms with Crippen molar-refractivity contribution in [3.05, 3.63) is 71.3 Å². The molecule has 4 amide bonds. The van der Waals surface area contributed by atoms with Gasteiger partial charge in [0.25, 0.3) is 0 Å². The minimum atomic E-state index is -0.989. The molecule has 2 aromatic carbocycles. The molecule has 9 nitrogen and oxygen atoms in total. The van der Waals surface area contributed by atoms with Crippen LogP contribution >= 0.6 is 0 Å². The molecular formula is C30H38N4O5. The first-order valence-electron chi connectivity index (χ1n) is 14.0. The fourth-order valence-corrected chi connectivity index (χ4v) is 6.32. The number of likely N-dealkylation sites (tertiary alicyclic amines) is 2. The standard InChI is InChI=1S/C30H38N4O5/c35-27-20-39-26-13-17-34(19-25(26)32-27)30(38)33-15-11-23(12-16-33)28(22-8-2-1-3-9-22)24-10-4-6-21(18-24)7-5-14-31-29(36)37/h1-4,6,8-10,18,23,25-26,28,31H,5,7,11-17,19-20H2,(H,32,35)(H,36,37)/t25-,26+,28+/m1/s1. The van der Waals surface area contributed by atoms with Gasteiger partial charge in [0.2, 0.25) is 5.91 Å². The Balaban J connectivity index is 1.23. The lowest BCUT2D eigenvalue weighted by molar-refractivity contribution is -0.139. The number of aryl methyl sites for hydroxylation is 1. The first kappa shape index (κ1) is 27.0. The summed E-state index contributed by atoms with van der Waals surface area (Å²) in [4.78, 5) is 39.7. The van der Waals surface area contributed by atoms with Gasteiger partial charge in [-0.05, 0) is 54.7 Å². The number of nitrogens with zero attached hydrogens (tertiary/aromatic N) is 2. The van der Waals surface area contributed by atoms with Crippen molar-refractivity contribution in [3.63, 3.8) is 0 Å². The summed E-state index contributed by atoms with van der Waals surface area (Å²) in [5, 5.41) is 14.2. The minimum Gasteiger partial charge on any atom is -0.465 e. The van der Waals surface area contributed by atoms with Crippen molar-refractivity contribution in [2.45, 2.75) is 50.2 Å². The number of morpholine rings is 1. The summed E-state index contributed by atoms with van der Waals surface area (Å²) in [6.07, 6.45) is 3.14. The molecule has 208 valence electrons. The normalized spacial score (nSPS) is 22.5. The van der Waals surface area contributed by atoms with E-state index >= 15 is 0 Å². The number of piperidine rings is 2. The molecule has 5 rings (SSSR count). The van der Waals surface area contributed by atoms with Gasteiger partial charge in [0.15, 0.2) is 0 Å². The second-order valence-corrected chi connectivity index (χ2v) is 10.8. The molecule has 39 heavy (non-hydrogen) atoms. The third kappa shape index (κ3) is 6.71. The van der Waals surface area contributed by atoms with Gasteiger partial charge in [0.1, 0.15) is 6.61 Å². The van der Waals surface area contributed by atoms with Crippen LogP contribution in [-0.2, 0) is 16.0 Å². The molecule has 0 spiro atoms. The van der Waals surface area contributed by atoms with Crippen molar-refractivity contribution in [3.8, 4) is 0 Å². The highest BCUT2D eigenvalue weighted by molar-refractivity contribution is 5.79. The van der Waals surface area contributed by atoms with Crippen molar-refractivity contribution in [1.29, 1.82) is 0 Å². The minimum absolute atomic E-state index is 0.00619. The summed E-state index contributed by atoms with van der Waals surface area (Å²) in [7, 11) is 0. The maximum absolute atomic E-state index is 13.4. The number of carboxylic acid groups (broad SMARTS) is 1. The molecule has 9 heteroatoms. The summed E-state index contributed by atoms with van der Waals surface area (Å²) >= 11 is 0. The molecule has 3 saturated heterocycles. The van der Waals surface area contributed by atoms with Gasteiger partial charge in [0, 0.05) is 38.6 Å². The van der Waals surface area contributed by atoms with Crippen LogP contribution in [0.25, 0.3) is 0 Å². The van der Waals surface area contributed by atoms with E-state index in [1.165, 1.54) is 16.7 Å². The SMILES string of the molecule is O=C(O)NCCCc1cccc([C@@H](c2ccccc2)C2CCN(C(=O)N3CC[C@@H]4OCC(=O)N[C@@H]4C3)CC2)c1. The average molecular weight is 535 g/mol. The summed E-state index contributed by atoms with van der Waals surface area (Å²) in [6.45, 7) is 3.11. The summed E-state index contributed by atoms with van der Waals surface area (Å²) in [5.74, 6) is 0.516. The highest BCUT2D eigenvalue weighted by Crippen LogP contribution is 2.38. The van der Waals surface area contributed by atoms with Crippen molar-refractivity contribution in [1.82, 2.24) is 20.4 Å². The molecule has 2 aromatic rings. The molecule has 0 aliphatic carbocycles. The number of hydrogen-bond acceptors (Lipinski definition) is 4. The van der Waals surface area contributed by atoms with Crippen LogP contribution < -0.4 is 10.6 Å². The maximum Gasteiger partial charge on any atom is 0.404 e. The highest BCUT2D eigenvalue weighted by atomic mass is 16.5. The average Bonchev–Trinajstić information content (AvgIpc) is 2.96. The van der Waals surface area contributed by atoms with Gasteiger partial charge < -0.3 is 30.3 Å². The second kappa shape index (κ2) is 12.5. The van der Waals surface area contributed by atoms with E-state index in [0.29, 0.717) is 38.6 Å². The Labute approximate surface area is 229 Å². The Morgan fingerprint density at radius 1 is 1.00 bits per heavy atom. The van der Waals surface area contributed by atoms with Gasteiger partial charge in [-0.2, -0.15) is 0 Å². The van der Waals surface area contributed by atoms with Crippen LogP contribution in [0.1, 0.15) is 48.3 Å². The quantitative estimate of drug-likeness (QED) is 0.472. The van der Waals surface area contributed by atoms with Crippen LogP contribution in [0.2, 0.25) is 0 Å². The van der Waals surface area contributed by atoms with Crippen LogP contribution in [0.15, 0.2) is 54.6 Å². The Morgan fingerprint density at radius 2 is 1.74 bits per heavy atom. The molecule has 0 saturated carbocycles. The first-order valence-corrected chi connectivity index (χ1v) is 14.0. The molecule has 3 fully saturated rings. The molecule has 0 aromatic heterocycles. The number of ether oxygens (including phenoxy) is 1. The van der Waals surface area contributed by atoms with Crippen molar-refractivity contribution in [2.75, 3.05) is 39.3 Å². The zero-order chi connectivity index (χ0) is 27.2. The van der Waals surface area contributed by atoms with E-state index in [4.69, 9.17) is 9.84 Å². The van der Waals surface area contributed by atoms with Crippen LogP contribution in [0.4, 0.5) is 9.59 Å². The summed E-state index contributed by atoms with van der Waals surface area (Å²) in [5.41, 5.74) is 3.75. The van der Waals surface area contributed by atoms with Gasteiger partial charge in [-0.3, -0.25) is 4.79 Å². The van der Waals surface area contributed by atoms with E-state index in [0.717, 1.165) is 32.1 Å². The first-order chi connectivity index (χ1) is 19.0. The number of amides is 4. The van der Waals surface area contributed by atoms with E-state index in [1.54, 1.807) is 0 Å². The molecular weight excluding hydrogens is 496 g/mol. The van der Waals surface area contributed by atoms with Crippen molar-refractivity contribution in [2.24, 2.45) is 5.92 Å². The van der Waals surface area contributed by atoms with Crippen LogP contribution in [0, 0.1) is 5.92 Å². The molecule has 3 aliphatic rings. The van der Waals surface area contributed by atoms with Gasteiger partial charge in [-0.1, -0.05) is 54.6 Å². The topological polar surface area (TPSA) is 111 Å². The van der Waals surface area contributed by atoms with E-state index in [-0.39, 0.29) is 36.6 Å². The third-order valence-electron chi connectivity index (χ3n) is 8.26. The Hall–Kier alpha value is -3.59. The molecule has 0 radical (unpaired) electrons. The molecule has 3 N–H and O–H groups in total. The lowest BCUT2D eigenvalue weighted by Gasteiger charge is -2.44. The lowest BCUT2D eigenvalue weighted by Crippen LogP contribution is -2.62. The number of hydrogen-bond donors (Lipinski definition) is 3. The Morgan fingerprint density at radius 3 is 2.51 bits per heavy atom. The highest BCUT2D eigenvalue weighted by Gasteiger charge is 2.38. The smallest absolute Gasteiger partial charge is 0.404 e. The number of fused-ring (bicyclic) bond motifs is 1. The second-order valence-electron chi connectivity index (χ2n) is 10.8. The summed E-state index contributed by atoms with van der Waals surface area (Å²) < 4.78 is 5.65. The van der Waals surface area contributed by atoms with Gasteiger partial charge in [-0.25, -0.2) is 9.59 Å². The number of carbonyl (C=O) groups excluding carboxylic acids is 2. The number of nitrogens with one attached hydrogen (secondary N) is 2. The van der Waals surface area contributed by atoms with Gasteiger partial charge >= 0.3 is 12.1 Å². The number of benzene rings is 2. The molecule has 3 atom stereocenters. The molecule has 3 heterocycles. The Kier molecular flexibility index (Phi) is 8.66. The fraction of sp³-hybridized carbons (Fsp3) is 0.500. The van der Waals surface area contributed by atoms with Crippen LogP contribution in [0.5, 0.6) is 0 Å². The maximum atomic E-state index is 13.4. The van der Waals surface area contributed by atoms with E-state index in [9.17, 15) is 14.4 Å². The predicted octanol–water partition coefficient (Wildman–Crippen LogP) is 3.44. The lowest BCUT2D eigenvalue weighted by atomic mass is 9.75. The summed E-state index contributed by atoms with van der Waals surface area (Å²) in [6, 6.07) is 19.2. The predicted molar refractivity (Wildman–Crippen MR) is 147 cm³/mol. The fourth-order valence-electron chi connectivity index (χ4n) is 6.32. The molecule has 0 unspecified atom stereocenters. The van der Waals surface area contributed by atoms with Crippen LogP contribution in [-0.4, -0.2) is 84.4 Å². The van der Waals surface area contributed by atoms with E-state index in [2.05, 4.69) is 59.2 Å². The zero-order valence-corrected chi connectivity index (χ0v) is 22.3.